The Balaban J connectivity index is 1.78. The number of nitrogens with zero attached hydrogens (tertiary/aromatic N) is 2. The van der Waals surface area contributed by atoms with Crippen LogP contribution in [0.25, 0.3) is 0 Å². The molecular weight excluding hydrogens is 448 g/mol. The van der Waals surface area contributed by atoms with Crippen molar-refractivity contribution >= 4 is 27.3 Å². The highest BCUT2D eigenvalue weighted by atomic mass is 35.5. The zero-order chi connectivity index (χ0) is 23.3. The average molecular weight is 473 g/mol. The lowest BCUT2D eigenvalue weighted by Gasteiger charge is -2.16. The van der Waals surface area contributed by atoms with Crippen LogP contribution in [0.2, 0.25) is 5.02 Å². The Morgan fingerprint density at radius 1 is 1.00 bits per heavy atom. The van der Waals surface area contributed by atoms with Crippen molar-refractivity contribution < 1.29 is 17.9 Å². The van der Waals surface area contributed by atoms with Gasteiger partial charge in [0.25, 0.3) is 10.0 Å². The molecule has 32 heavy (non-hydrogen) atoms. The Morgan fingerprint density at radius 2 is 1.66 bits per heavy atom. The lowest BCUT2D eigenvalue weighted by molar-refractivity contribution is 0.284. The molecule has 0 bridgehead atoms. The summed E-state index contributed by atoms with van der Waals surface area (Å²) in [5.74, 6) is 1.09. The normalized spacial score (nSPS) is 11.8. The molecule has 3 aromatic carbocycles. The second-order valence-corrected chi connectivity index (χ2v) is 9.60. The lowest BCUT2D eigenvalue weighted by atomic mass is 10.1. The van der Waals surface area contributed by atoms with Gasteiger partial charge < -0.3 is 9.47 Å². The Labute approximate surface area is 194 Å². The van der Waals surface area contributed by atoms with Gasteiger partial charge in [-0.1, -0.05) is 41.4 Å². The maximum atomic E-state index is 12.8. The fourth-order valence-electron chi connectivity index (χ4n) is 2.94. The van der Waals surface area contributed by atoms with E-state index in [2.05, 4.69) is 5.10 Å². The quantitative estimate of drug-likeness (QED) is 0.330. The molecule has 0 aliphatic rings. The van der Waals surface area contributed by atoms with Crippen LogP contribution in [-0.4, -0.2) is 32.7 Å². The third-order valence-electron chi connectivity index (χ3n) is 4.85. The van der Waals surface area contributed by atoms with Gasteiger partial charge in [-0.05, 0) is 61.9 Å². The molecule has 6 nitrogen and oxygen atoms in total. The molecule has 0 aromatic heterocycles. The van der Waals surface area contributed by atoms with E-state index in [0.29, 0.717) is 34.4 Å². The zero-order valence-electron chi connectivity index (χ0n) is 18.4. The molecule has 0 spiro atoms. The molecule has 8 heteroatoms. The van der Waals surface area contributed by atoms with Crippen molar-refractivity contribution in [2.75, 3.05) is 14.2 Å². The van der Waals surface area contributed by atoms with Gasteiger partial charge in [-0.25, -0.2) is 0 Å². The number of ether oxygens (including phenoxy) is 2. The number of hydrogen-bond donors (Lipinski definition) is 0. The number of sulfonamides is 1. The minimum atomic E-state index is -3.74. The minimum Gasteiger partial charge on any atom is -0.493 e. The third-order valence-corrected chi connectivity index (χ3v) is 6.74. The van der Waals surface area contributed by atoms with Crippen molar-refractivity contribution in [1.82, 2.24) is 4.41 Å². The highest BCUT2D eigenvalue weighted by Crippen LogP contribution is 2.29. The Bertz CT molecular complexity index is 1210. The van der Waals surface area contributed by atoms with Crippen LogP contribution in [0.4, 0.5) is 0 Å². The van der Waals surface area contributed by atoms with E-state index in [4.69, 9.17) is 21.1 Å². The maximum Gasteiger partial charge on any atom is 0.278 e. The first-order chi connectivity index (χ1) is 15.2. The summed E-state index contributed by atoms with van der Waals surface area (Å²) in [6.45, 7) is 4.00. The molecule has 3 rings (SSSR count). The Morgan fingerprint density at radius 3 is 2.28 bits per heavy atom. The summed E-state index contributed by atoms with van der Waals surface area (Å²) in [7, 11) is -0.778. The number of aryl methyl sites for hydroxylation is 1. The van der Waals surface area contributed by atoms with Crippen LogP contribution in [-0.2, 0) is 16.6 Å². The average Bonchev–Trinajstić information content (AvgIpc) is 2.78. The smallest absolute Gasteiger partial charge is 0.278 e. The van der Waals surface area contributed by atoms with E-state index >= 15 is 0 Å². The van der Waals surface area contributed by atoms with Gasteiger partial charge in [0.1, 0.15) is 6.61 Å². The van der Waals surface area contributed by atoms with Crippen molar-refractivity contribution in [3.05, 3.63) is 88.4 Å². The highest BCUT2D eigenvalue weighted by Gasteiger charge is 2.20. The first kappa shape index (κ1) is 23.6. The van der Waals surface area contributed by atoms with Crippen LogP contribution in [0.15, 0.2) is 76.7 Å². The van der Waals surface area contributed by atoms with Crippen LogP contribution in [0, 0.1) is 6.92 Å². The van der Waals surface area contributed by atoms with Gasteiger partial charge >= 0.3 is 0 Å². The second kappa shape index (κ2) is 10.1. The second-order valence-electron chi connectivity index (χ2n) is 7.22. The first-order valence-electron chi connectivity index (χ1n) is 9.87. The van der Waals surface area contributed by atoms with Gasteiger partial charge in [-0.3, -0.25) is 0 Å². The van der Waals surface area contributed by atoms with Crippen LogP contribution in [0.1, 0.15) is 23.6 Å². The fraction of sp³-hybridized carbons (Fsp3) is 0.208. The molecular formula is C24H25ClN2O4S. The van der Waals surface area contributed by atoms with E-state index in [9.17, 15) is 8.42 Å². The van der Waals surface area contributed by atoms with E-state index in [1.54, 1.807) is 50.4 Å². The van der Waals surface area contributed by atoms with Crippen LogP contribution < -0.4 is 9.47 Å². The van der Waals surface area contributed by atoms with E-state index in [1.165, 1.54) is 7.05 Å². The highest BCUT2D eigenvalue weighted by molar-refractivity contribution is 7.89. The minimum absolute atomic E-state index is 0.186. The molecule has 0 N–H and O–H groups in total. The molecule has 0 saturated carbocycles. The maximum absolute atomic E-state index is 12.8. The molecule has 0 heterocycles. The molecule has 3 aromatic rings. The zero-order valence-corrected chi connectivity index (χ0v) is 19.9. The largest absolute Gasteiger partial charge is 0.493 e. The molecule has 0 radical (unpaired) electrons. The summed E-state index contributed by atoms with van der Waals surface area (Å²) in [6.07, 6.45) is 0. The van der Waals surface area contributed by atoms with Gasteiger partial charge in [0, 0.05) is 17.6 Å². The molecule has 0 fully saturated rings. The SMILES string of the molecule is COc1cc(C(C)=NN(C)S(=O)(=O)c2ccc(C)cc2)ccc1OCc1ccc(Cl)cc1. The molecule has 0 atom stereocenters. The Hall–Kier alpha value is -3.03. The lowest BCUT2D eigenvalue weighted by Crippen LogP contribution is -2.23. The van der Waals surface area contributed by atoms with Gasteiger partial charge in [-0.15, -0.1) is 0 Å². The molecule has 0 unspecified atom stereocenters. The standard InChI is InChI=1S/C24H25ClN2O4S/c1-17-5-12-22(13-6-17)32(28,29)27(3)26-18(2)20-9-14-23(24(15-20)30-4)31-16-19-7-10-21(25)11-8-19/h5-15H,16H2,1-4H3. The van der Waals surface area contributed by atoms with Crippen molar-refractivity contribution in [1.29, 1.82) is 0 Å². The van der Waals surface area contributed by atoms with E-state index < -0.39 is 10.0 Å². The van der Waals surface area contributed by atoms with Crippen molar-refractivity contribution in [3.8, 4) is 11.5 Å². The molecule has 0 aliphatic heterocycles. The van der Waals surface area contributed by atoms with Crippen molar-refractivity contribution in [2.24, 2.45) is 5.10 Å². The summed E-state index contributed by atoms with van der Waals surface area (Å²) in [4.78, 5) is 0.186. The summed E-state index contributed by atoms with van der Waals surface area (Å²) in [5.41, 5.74) is 3.19. The summed E-state index contributed by atoms with van der Waals surface area (Å²) in [6, 6.07) is 19.4. The number of halogens is 1. The van der Waals surface area contributed by atoms with Crippen molar-refractivity contribution in [3.63, 3.8) is 0 Å². The summed E-state index contributed by atoms with van der Waals surface area (Å²) >= 11 is 5.92. The van der Waals surface area contributed by atoms with Gasteiger partial charge in [-0.2, -0.15) is 17.9 Å². The molecule has 168 valence electrons. The number of hydrazone groups is 1. The van der Waals surface area contributed by atoms with E-state index in [1.807, 2.05) is 37.3 Å². The molecule has 0 saturated heterocycles. The third kappa shape index (κ3) is 5.60. The molecule has 0 amide bonds. The van der Waals surface area contributed by atoms with E-state index in [0.717, 1.165) is 15.5 Å². The predicted molar refractivity (Wildman–Crippen MR) is 127 cm³/mol. The van der Waals surface area contributed by atoms with Gasteiger partial charge in [0.05, 0.1) is 17.7 Å². The van der Waals surface area contributed by atoms with Gasteiger partial charge in [0.2, 0.25) is 0 Å². The fourth-order valence-corrected chi connectivity index (χ4v) is 4.08. The van der Waals surface area contributed by atoms with Crippen LogP contribution >= 0.6 is 11.6 Å². The topological polar surface area (TPSA) is 68.2 Å². The van der Waals surface area contributed by atoms with Gasteiger partial charge in [0.15, 0.2) is 11.5 Å². The van der Waals surface area contributed by atoms with Crippen molar-refractivity contribution in [2.45, 2.75) is 25.3 Å². The van der Waals surface area contributed by atoms with E-state index in [-0.39, 0.29) is 4.90 Å². The number of methoxy groups -OCH3 is 1. The Kier molecular flexibility index (Phi) is 7.43. The first-order valence-corrected chi connectivity index (χ1v) is 11.7. The van der Waals surface area contributed by atoms with Crippen LogP contribution in [0.3, 0.4) is 0 Å². The number of rotatable bonds is 8. The predicted octanol–water partition coefficient (Wildman–Crippen LogP) is 5.28. The summed E-state index contributed by atoms with van der Waals surface area (Å²) in [5, 5.41) is 4.94. The monoisotopic (exact) mass is 472 g/mol. The van der Waals surface area contributed by atoms with Crippen LogP contribution in [0.5, 0.6) is 11.5 Å². The molecule has 0 aliphatic carbocycles. The number of hydrogen-bond acceptors (Lipinski definition) is 5. The number of benzene rings is 3. The summed E-state index contributed by atoms with van der Waals surface area (Å²) < 4.78 is 37.9.